The highest BCUT2D eigenvalue weighted by Crippen LogP contribution is 2.31. The summed E-state index contributed by atoms with van der Waals surface area (Å²) in [5, 5.41) is 8.73. The number of aromatic nitrogens is 1. The zero-order valence-electron chi connectivity index (χ0n) is 16.4. The van der Waals surface area contributed by atoms with Crippen LogP contribution in [-0.4, -0.2) is 51.8 Å². The van der Waals surface area contributed by atoms with Gasteiger partial charge < -0.3 is 15.4 Å². The summed E-state index contributed by atoms with van der Waals surface area (Å²) in [4.78, 5) is 46.2. The summed E-state index contributed by atoms with van der Waals surface area (Å²) in [7, 11) is 0. The van der Waals surface area contributed by atoms with Gasteiger partial charge in [-0.15, -0.1) is 23.1 Å². The monoisotopic (exact) mass is 436 g/mol. The van der Waals surface area contributed by atoms with E-state index in [-0.39, 0.29) is 24.8 Å². The van der Waals surface area contributed by atoms with Gasteiger partial charge in [-0.05, 0) is 19.4 Å². The number of aliphatic imine (C=N–C) groups is 1. The predicted octanol–water partition coefficient (Wildman–Crippen LogP) is 1.80. The quantitative estimate of drug-likeness (QED) is 0.552. The number of fused-ring (bicyclic) bond motifs is 4. The minimum Gasteiger partial charge on any atom is -0.456 e. The summed E-state index contributed by atoms with van der Waals surface area (Å²) in [6.45, 7) is 3.79. The molecule has 0 fully saturated rings. The Balaban J connectivity index is 1.81. The maximum Gasteiger partial charge on any atom is 0.326 e. The first-order chi connectivity index (χ1) is 13.9. The average Bonchev–Trinajstić information content (AvgIpc) is 3.31. The van der Waals surface area contributed by atoms with Crippen LogP contribution in [0.3, 0.4) is 0 Å². The highest BCUT2D eigenvalue weighted by molar-refractivity contribution is 8.14. The van der Waals surface area contributed by atoms with E-state index >= 15 is 0 Å². The van der Waals surface area contributed by atoms with Crippen molar-refractivity contribution in [2.45, 2.75) is 51.3 Å². The molecule has 3 heterocycles. The van der Waals surface area contributed by atoms with Crippen molar-refractivity contribution >= 4 is 45.9 Å². The molecule has 156 valence electrons. The number of nitrogens with zero attached hydrogens (tertiary/aromatic N) is 2. The Morgan fingerprint density at radius 3 is 2.93 bits per heavy atom. The number of carbonyl (C=O) groups excluding carboxylic acids is 3. The molecule has 3 rings (SSSR count). The van der Waals surface area contributed by atoms with Gasteiger partial charge in [-0.1, -0.05) is 19.4 Å². The molecule has 2 atom stereocenters. The van der Waals surface area contributed by atoms with Crippen LogP contribution < -0.4 is 10.6 Å². The van der Waals surface area contributed by atoms with Crippen molar-refractivity contribution in [2.75, 3.05) is 12.3 Å². The number of hydrogen-bond acceptors (Lipinski definition) is 8. The highest BCUT2D eigenvalue weighted by atomic mass is 32.2. The Morgan fingerprint density at radius 1 is 1.31 bits per heavy atom. The Hall–Kier alpha value is -2.20. The van der Waals surface area contributed by atoms with Crippen molar-refractivity contribution in [3.8, 4) is 0 Å². The van der Waals surface area contributed by atoms with Crippen LogP contribution in [0, 0.1) is 0 Å². The molecule has 0 radical (unpaired) electrons. The number of hydrogen-bond donors (Lipinski definition) is 2. The minimum atomic E-state index is -0.963. The van der Waals surface area contributed by atoms with Gasteiger partial charge >= 0.3 is 5.97 Å². The first kappa shape index (κ1) is 21.5. The molecule has 2 N–H and O–H groups in total. The lowest BCUT2D eigenvalue weighted by molar-refractivity contribution is -0.148. The molecule has 8 nitrogen and oxygen atoms in total. The summed E-state index contributed by atoms with van der Waals surface area (Å²) in [6, 6.07) is 0. The molecule has 29 heavy (non-hydrogen) atoms. The number of amides is 2. The fourth-order valence-corrected chi connectivity index (χ4v) is 4.71. The van der Waals surface area contributed by atoms with Gasteiger partial charge in [-0.3, -0.25) is 19.4 Å². The van der Waals surface area contributed by atoms with E-state index < -0.39 is 17.6 Å². The normalized spacial score (nSPS) is 26.1. The third kappa shape index (κ3) is 5.66. The standard InChI is InChI=1S/C19H24N4O4S2/c1-3-4-5-6-12-7-14(24)20-8-15-22-13(10-28-15)17-23-19(2,11-29-17)18(26)21-9-16(25)27-12/h5-6,10,12H,3-4,7-9,11H2,1-2H3,(H,20,24)(H,21,26)/b6-5+. The van der Waals surface area contributed by atoms with E-state index in [2.05, 4.69) is 20.6 Å². The molecule has 0 spiro atoms. The number of thioether (sulfide) groups is 1. The molecule has 10 heteroatoms. The number of nitrogens with one attached hydrogen (secondary N) is 2. The minimum absolute atomic E-state index is 0.0123. The van der Waals surface area contributed by atoms with Crippen LogP contribution in [0.4, 0.5) is 0 Å². The molecule has 2 aliphatic heterocycles. The van der Waals surface area contributed by atoms with Gasteiger partial charge in [-0.25, -0.2) is 4.98 Å². The van der Waals surface area contributed by atoms with Crippen LogP contribution in [0.25, 0.3) is 0 Å². The van der Waals surface area contributed by atoms with Gasteiger partial charge in [0.1, 0.15) is 33.9 Å². The van der Waals surface area contributed by atoms with E-state index in [1.54, 1.807) is 13.0 Å². The van der Waals surface area contributed by atoms with Gasteiger partial charge in [0.25, 0.3) is 0 Å². The van der Waals surface area contributed by atoms with Crippen molar-refractivity contribution in [1.82, 2.24) is 15.6 Å². The molecule has 0 saturated carbocycles. The van der Waals surface area contributed by atoms with E-state index in [1.807, 2.05) is 18.4 Å². The van der Waals surface area contributed by atoms with E-state index in [4.69, 9.17) is 4.74 Å². The van der Waals surface area contributed by atoms with E-state index in [9.17, 15) is 14.4 Å². The summed E-state index contributed by atoms with van der Waals surface area (Å²) in [5.74, 6) is -0.701. The lowest BCUT2D eigenvalue weighted by atomic mass is 10.1. The average molecular weight is 437 g/mol. The van der Waals surface area contributed by atoms with Crippen molar-refractivity contribution in [3.63, 3.8) is 0 Å². The first-order valence-corrected chi connectivity index (χ1v) is 11.3. The second-order valence-electron chi connectivity index (χ2n) is 7.01. The fourth-order valence-electron chi connectivity index (χ4n) is 2.78. The fraction of sp³-hybridized carbons (Fsp3) is 0.526. The molecule has 0 saturated heterocycles. The smallest absolute Gasteiger partial charge is 0.326 e. The maximum absolute atomic E-state index is 12.6. The molecule has 2 amide bonds. The van der Waals surface area contributed by atoms with Crippen molar-refractivity contribution in [2.24, 2.45) is 4.99 Å². The molecular formula is C19H24N4O4S2. The Morgan fingerprint density at radius 2 is 2.14 bits per heavy atom. The van der Waals surface area contributed by atoms with Gasteiger partial charge in [0.2, 0.25) is 11.8 Å². The molecule has 2 aliphatic rings. The zero-order valence-corrected chi connectivity index (χ0v) is 18.0. The van der Waals surface area contributed by atoms with Crippen LogP contribution in [0.15, 0.2) is 22.5 Å². The number of ether oxygens (including phenoxy) is 1. The molecule has 1 aromatic heterocycles. The summed E-state index contributed by atoms with van der Waals surface area (Å²) in [5.41, 5.74) is -0.261. The number of thiazole rings is 1. The van der Waals surface area contributed by atoms with Gasteiger partial charge in [0.15, 0.2) is 0 Å². The second-order valence-corrected chi connectivity index (χ2v) is 8.92. The largest absolute Gasteiger partial charge is 0.456 e. The Labute approximate surface area is 177 Å². The molecule has 0 aliphatic carbocycles. The molecule has 0 aromatic carbocycles. The maximum atomic E-state index is 12.6. The highest BCUT2D eigenvalue weighted by Gasteiger charge is 2.39. The van der Waals surface area contributed by atoms with Crippen LogP contribution in [0.5, 0.6) is 0 Å². The predicted molar refractivity (Wildman–Crippen MR) is 113 cm³/mol. The molecule has 4 bridgehead atoms. The number of cyclic esters (lactones) is 1. The third-order valence-electron chi connectivity index (χ3n) is 4.40. The van der Waals surface area contributed by atoms with Crippen molar-refractivity contribution < 1.29 is 19.1 Å². The summed E-state index contributed by atoms with van der Waals surface area (Å²) >= 11 is 2.88. The SMILES string of the molecule is CCC/C=C/C1CC(=O)NCc2nc(cs2)C2=NC(C)(CS2)C(=O)NCC(=O)O1. The van der Waals surface area contributed by atoms with Crippen molar-refractivity contribution in [3.05, 3.63) is 28.2 Å². The van der Waals surface area contributed by atoms with Crippen molar-refractivity contribution in [1.29, 1.82) is 0 Å². The van der Waals surface area contributed by atoms with Crippen LogP contribution in [-0.2, 0) is 25.7 Å². The van der Waals surface area contributed by atoms with Crippen LogP contribution in [0.2, 0.25) is 0 Å². The summed E-state index contributed by atoms with van der Waals surface area (Å²) < 4.78 is 5.40. The Kier molecular flexibility index (Phi) is 7.07. The molecular weight excluding hydrogens is 412 g/mol. The second kappa shape index (κ2) is 9.53. The number of esters is 1. The van der Waals surface area contributed by atoms with E-state index in [0.717, 1.165) is 17.8 Å². The molecule has 2 unspecified atom stereocenters. The van der Waals surface area contributed by atoms with Gasteiger partial charge in [-0.2, -0.15) is 0 Å². The Bertz CT molecular complexity index is 851. The molecule has 1 aromatic rings. The van der Waals surface area contributed by atoms with Crippen LogP contribution in [0.1, 0.15) is 43.8 Å². The third-order valence-corrected chi connectivity index (χ3v) is 6.53. The van der Waals surface area contributed by atoms with Crippen LogP contribution >= 0.6 is 23.1 Å². The number of rotatable bonds is 3. The summed E-state index contributed by atoms with van der Waals surface area (Å²) in [6.07, 6.45) is 4.71. The number of allylic oxidation sites excluding steroid dienone is 1. The van der Waals surface area contributed by atoms with E-state index in [1.165, 1.54) is 23.1 Å². The lowest BCUT2D eigenvalue weighted by Gasteiger charge is -2.19. The topological polar surface area (TPSA) is 110 Å². The zero-order chi connectivity index (χ0) is 20.9. The lowest BCUT2D eigenvalue weighted by Crippen LogP contribution is -2.46. The number of unbranched alkanes of at least 4 members (excludes halogenated alkanes) is 1. The van der Waals surface area contributed by atoms with E-state index in [0.29, 0.717) is 23.0 Å². The first-order valence-electron chi connectivity index (χ1n) is 9.48. The van der Waals surface area contributed by atoms with Gasteiger partial charge in [0, 0.05) is 11.1 Å². The van der Waals surface area contributed by atoms with Gasteiger partial charge in [0.05, 0.1) is 13.0 Å². The number of carbonyl (C=O) groups is 3.